The van der Waals surface area contributed by atoms with Gasteiger partial charge >= 0.3 is 0 Å². The summed E-state index contributed by atoms with van der Waals surface area (Å²) in [6.45, 7) is 4.02. The van der Waals surface area contributed by atoms with Crippen molar-refractivity contribution in [3.8, 4) is 0 Å². The third-order valence-corrected chi connectivity index (χ3v) is 3.06. The molecule has 0 aliphatic carbocycles. The smallest absolute Gasteiger partial charge is 0.258 e. The number of nitro groups is 1. The zero-order chi connectivity index (χ0) is 13.1. The fourth-order valence-electron chi connectivity index (χ4n) is 1.89. The normalized spacial score (nSPS) is 9.79. The van der Waals surface area contributed by atoms with Crippen molar-refractivity contribution in [2.75, 3.05) is 0 Å². The van der Waals surface area contributed by atoms with Crippen LogP contribution in [-0.2, 0) is 6.42 Å². The van der Waals surface area contributed by atoms with Gasteiger partial charge in [0.25, 0.3) is 5.69 Å². The van der Waals surface area contributed by atoms with Gasteiger partial charge in [-0.3, -0.25) is 10.1 Å². The summed E-state index contributed by atoms with van der Waals surface area (Å²) < 4.78 is 0. The van der Waals surface area contributed by atoms with Gasteiger partial charge in [0.1, 0.15) is 0 Å². The van der Waals surface area contributed by atoms with Crippen molar-refractivity contribution in [2.24, 2.45) is 0 Å². The lowest BCUT2D eigenvalue weighted by Gasteiger charge is -2.06. The summed E-state index contributed by atoms with van der Waals surface area (Å²) in [5.41, 5.74) is 4.63. The van der Waals surface area contributed by atoms with Gasteiger partial charge in [-0.25, -0.2) is 0 Å². The molecule has 0 unspecified atom stereocenters. The molecular formula is C16H19NO2. The number of nitrogens with zero attached hydrogens (tertiary/aromatic N) is 1. The summed E-state index contributed by atoms with van der Waals surface area (Å²) >= 11 is 0. The Morgan fingerprint density at radius 2 is 1.68 bits per heavy atom. The lowest BCUT2D eigenvalue weighted by atomic mass is 9.99. The number of nitro benzene ring substituents is 1. The number of non-ortho nitro benzene ring substituents is 1. The van der Waals surface area contributed by atoms with Gasteiger partial charge in [0, 0.05) is 12.1 Å². The number of hydrogen-bond acceptors (Lipinski definition) is 2. The maximum atomic E-state index is 10.8. The first kappa shape index (κ1) is 14.9. The van der Waals surface area contributed by atoms with Crippen molar-refractivity contribution < 1.29 is 4.92 Å². The molecule has 0 spiro atoms. The number of hydrogen-bond donors (Lipinski definition) is 0. The van der Waals surface area contributed by atoms with E-state index >= 15 is 0 Å². The third kappa shape index (κ3) is 3.65. The molecule has 3 heteroatoms. The van der Waals surface area contributed by atoms with Crippen LogP contribution in [0.1, 0.15) is 29.7 Å². The van der Waals surface area contributed by atoms with Gasteiger partial charge in [-0.15, -0.1) is 0 Å². The molecule has 0 atom stereocenters. The minimum absolute atomic E-state index is 0. The van der Waals surface area contributed by atoms with E-state index in [2.05, 4.69) is 24.3 Å². The summed E-state index contributed by atoms with van der Waals surface area (Å²) in [5, 5.41) is 10.8. The molecule has 0 radical (unpaired) electrons. The van der Waals surface area contributed by atoms with Gasteiger partial charge in [-0.2, -0.15) is 0 Å². The van der Waals surface area contributed by atoms with E-state index in [0.29, 0.717) is 0 Å². The predicted octanol–water partition coefficient (Wildman–Crippen LogP) is 4.44. The van der Waals surface area contributed by atoms with E-state index in [9.17, 15) is 10.1 Å². The van der Waals surface area contributed by atoms with Gasteiger partial charge in [0.2, 0.25) is 0 Å². The summed E-state index contributed by atoms with van der Waals surface area (Å²) in [4.78, 5) is 10.4. The molecular weight excluding hydrogens is 238 g/mol. The quantitative estimate of drug-likeness (QED) is 0.602. The first-order chi connectivity index (χ1) is 8.56. The number of aryl methyl sites for hydroxylation is 2. The Labute approximate surface area is 114 Å². The van der Waals surface area contributed by atoms with Gasteiger partial charge in [-0.1, -0.05) is 43.3 Å². The second-order valence-corrected chi connectivity index (χ2v) is 4.53. The molecule has 2 aromatic rings. The zero-order valence-electron chi connectivity index (χ0n) is 10.5. The van der Waals surface area contributed by atoms with Crippen LogP contribution in [0.4, 0.5) is 5.69 Å². The van der Waals surface area contributed by atoms with Crippen molar-refractivity contribution in [3.05, 3.63) is 74.8 Å². The summed E-state index contributed by atoms with van der Waals surface area (Å²) in [6, 6.07) is 13.3. The lowest BCUT2D eigenvalue weighted by Crippen LogP contribution is -1.95. The van der Waals surface area contributed by atoms with E-state index in [1.807, 2.05) is 19.9 Å². The lowest BCUT2D eigenvalue weighted by molar-refractivity contribution is -0.384. The Balaban J connectivity index is 0.00000180. The van der Waals surface area contributed by atoms with Gasteiger partial charge < -0.3 is 0 Å². The average molecular weight is 257 g/mol. The van der Waals surface area contributed by atoms with Crippen LogP contribution < -0.4 is 0 Å². The molecule has 0 bridgehead atoms. The van der Waals surface area contributed by atoms with Crippen molar-refractivity contribution in [2.45, 2.75) is 27.7 Å². The van der Waals surface area contributed by atoms with E-state index in [-0.39, 0.29) is 18.0 Å². The first-order valence-electron chi connectivity index (χ1n) is 5.86. The molecule has 100 valence electrons. The Hall–Kier alpha value is -2.16. The molecule has 0 aliphatic heterocycles. The van der Waals surface area contributed by atoms with Gasteiger partial charge in [-0.05, 0) is 37.0 Å². The highest BCUT2D eigenvalue weighted by Crippen LogP contribution is 2.20. The molecule has 0 amide bonds. The molecule has 0 heterocycles. The summed E-state index contributed by atoms with van der Waals surface area (Å²) in [5.74, 6) is 0. The fourth-order valence-corrected chi connectivity index (χ4v) is 1.89. The SMILES string of the molecule is C.Cc1ccc(Cc2cc([N+](=O)[O-])ccc2C)cc1. The molecule has 0 aromatic heterocycles. The minimum Gasteiger partial charge on any atom is -0.258 e. The molecule has 3 nitrogen and oxygen atoms in total. The second kappa shape index (κ2) is 6.14. The van der Waals surface area contributed by atoms with Crippen LogP contribution in [0.2, 0.25) is 0 Å². The van der Waals surface area contributed by atoms with Crippen molar-refractivity contribution >= 4 is 5.69 Å². The van der Waals surface area contributed by atoms with Gasteiger partial charge in [0.05, 0.1) is 4.92 Å². The van der Waals surface area contributed by atoms with Gasteiger partial charge in [0.15, 0.2) is 0 Å². The van der Waals surface area contributed by atoms with E-state index in [0.717, 1.165) is 17.5 Å². The molecule has 19 heavy (non-hydrogen) atoms. The Morgan fingerprint density at radius 1 is 1.05 bits per heavy atom. The Bertz CT molecular complexity index is 574. The molecule has 2 aromatic carbocycles. The fraction of sp³-hybridized carbons (Fsp3) is 0.250. The standard InChI is InChI=1S/C15H15NO2.CH4/c1-11-3-6-13(7-4-11)9-14-10-15(16(17)18)8-5-12(14)2;/h3-8,10H,9H2,1-2H3;1H4. The van der Waals surface area contributed by atoms with E-state index < -0.39 is 0 Å². The van der Waals surface area contributed by atoms with Crippen LogP contribution in [0, 0.1) is 24.0 Å². The highest BCUT2D eigenvalue weighted by atomic mass is 16.6. The highest BCUT2D eigenvalue weighted by molar-refractivity contribution is 5.41. The van der Waals surface area contributed by atoms with Crippen molar-refractivity contribution in [1.82, 2.24) is 0 Å². The molecule has 0 N–H and O–H groups in total. The second-order valence-electron chi connectivity index (χ2n) is 4.53. The molecule has 2 rings (SSSR count). The minimum atomic E-state index is -0.349. The highest BCUT2D eigenvalue weighted by Gasteiger charge is 2.08. The van der Waals surface area contributed by atoms with Crippen molar-refractivity contribution in [1.29, 1.82) is 0 Å². The average Bonchev–Trinajstić information content (AvgIpc) is 2.34. The van der Waals surface area contributed by atoms with Crippen LogP contribution in [0.3, 0.4) is 0 Å². The summed E-state index contributed by atoms with van der Waals surface area (Å²) in [6.07, 6.45) is 0.730. The van der Waals surface area contributed by atoms with Crippen LogP contribution in [-0.4, -0.2) is 4.92 Å². The Morgan fingerprint density at radius 3 is 2.26 bits per heavy atom. The maximum Gasteiger partial charge on any atom is 0.269 e. The number of benzene rings is 2. The molecule has 0 saturated carbocycles. The van der Waals surface area contributed by atoms with Crippen LogP contribution in [0.5, 0.6) is 0 Å². The van der Waals surface area contributed by atoms with E-state index in [1.54, 1.807) is 12.1 Å². The number of rotatable bonds is 3. The zero-order valence-corrected chi connectivity index (χ0v) is 10.5. The molecule has 0 saturated heterocycles. The van der Waals surface area contributed by atoms with Crippen molar-refractivity contribution in [3.63, 3.8) is 0 Å². The third-order valence-electron chi connectivity index (χ3n) is 3.06. The van der Waals surface area contributed by atoms with E-state index in [4.69, 9.17) is 0 Å². The van der Waals surface area contributed by atoms with E-state index in [1.165, 1.54) is 11.1 Å². The monoisotopic (exact) mass is 257 g/mol. The summed E-state index contributed by atoms with van der Waals surface area (Å²) in [7, 11) is 0. The Kier molecular flexibility index (Phi) is 4.81. The topological polar surface area (TPSA) is 43.1 Å². The van der Waals surface area contributed by atoms with Crippen LogP contribution in [0.25, 0.3) is 0 Å². The largest absolute Gasteiger partial charge is 0.269 e. The molecule has 0 aliphatic rings. The van der Waals surface area contributed by atoms with Crippen LogP contribution >= 0.6 is 0 Å². The predicted molar refractivity (Wildman–Crippen MR) is 78.5 cm³/mol. The molecule has 0 fully saturated rings. The first-order valence-corrected chi connectivity index (χ1v) is 5.86. The van der Waals surface area contributed by atoms with Crippen LogP contribution in [0.15, 0.2) is 42.5 Å². The maximum absolute atomic E-state index is 10.8.